The second-order valence-corrected chi connectivity index (χ2v) is 15.9. The number of rotatable bonds is 5. The SMILES string of the molecule is C[C@H](Oc1nc(-c2onc3c2CCC[C@@]32CCCc3sc(N)c(C#N)c32)nc2c1CN(C1COC1)C[C@]21CCOC1)[C@@H]1CCCN1C. The molecule has 7 heterocycles. The maximum absolute atomic E-state index is 10.2. The molecule has 6 aliphatic rings. The van der Waals surface area contributed by atoms with Crippen molar-refractivity contribution in [2.75, 3.05) is 52.3 Å². The van der Waals surface area contributed by atoms with Crippen molar-refractivity contribution >= 4 is 16.3 Å². The number of aryl methyl sites for hydroxylation is 1. The van der Waals surface area contributed by atoms with E-state index in [9.17, 15) is 5.26 Å². The highest BCUT2D eigenvalue weighted by atomic mass is 32.1. The summed E-state index contributed by atoms with van der Waals surface area (Å²) in [5, 5.41) is 15.6. The molecule has 0 bridgehead atoms. The molecule has 2 spiro atoms. The number of likely N-dealkylation sites (N-methyl/N-ethyl adjacent to an activating group) is 1. The van der Waals surface area contributed by atoms with Gasteiger partial charge in [0.15, 0.2) is 0 Å². The van der Waals surface area contributed by atoms with Gasteiger partial charge in [0.25, 0.3) is 0 Å². The molecule has 11 nitrogen and oxygen atoms in total. The first-order chi connectivity index (χ1) is 22.9. The van der Waals surface area contributed by atoms with Gasteiger partial charge in [-0.3, -0.25) is 9.80 Å². The third kappa shape index (κ3) is 4.53. The number of hydrogen-bond acceptors (Lipinski definition) is 12. The quantitative estimate of drug-likeness (QED) is 0.420. The van der Waals surface area contributed by atoms with Gasteiger partial charge in [-0.25, -0.2) is 4.98 Å². The Hall–Kier alpha value is -3.08. The summed E-state index contributed by atoms with van der Waals surface area (Å²) in [5.74, 6) is 1.83. The summed E-state index contributed by atoms with van der Waals surface area (Å²) in [5.41, 5.74) is 11.6. The van der Waals surface area contributed by atoms with Gasteiger partial charge in [0, 0.05) is 41.6 Å². The van der Waals surface area contributed by atoms with Crippen LogP contribution in [0, 0.1) is 11.3 Å². The second kappa shape index (κ2) is 11.2. The fraction of sp³-hybridized carbons (Fsp3) is 0.657. The molecule has 12 heteroatoms. The lowest BCUT2D eigenvalue weighted by Gasteiger charge is -2.46. The summed E-state index contributed by atoms with van der Waals surface area (Å²) < 4.78 is 25.0. The molecule has 248 valence electrons. The van der Waals surface area contributed by atoms with Crippen LogP contribution in [0.25, 0.3) is 11.6 Å². The summed E-state index contributed by atoms with van der Waals surface area (Å²) in [4.78, 5) is 16.8. The van der Waals surface area contributed by atoms with Crippen LogP contribution in [0.15, 0.2) is 4.52 Å². The number of anilines is 1. The fourth-order valence-corrected chi connectivity index (χ4v) is 10.8. The highest BCUT2D eigenvalue weighted by Gasteiger charge is 2.51. The predicted molar refractivity (Wildman–Crippen MR) is 176 cm³/mol. The largest absolute Gasteiger partial charge is 0.473 e. The number of nitrogen functional groups attached to an aromatic ring is 1. The second-order valence-electron chi connectivity index (χ2n) is 14.8. The number of ether oxygens (including phenoxy) is 3. The summed E-state index contributed by atoms with van der Waals surface area (Å²) in [7, 11) is 2.19. The molecule has 47 heavy (non-hydrogen) atoms. The molecule has 2 aliphatic carbocycles. The van der Waals surface area contributed by atoms with Crippen molar-refractivity contribution < 1.29 is 18.7 Å². The molecule has 3 aromatic heterocycles. The number of aromatic nitrogens is 3. The molecule has 0 radical (unpaired) electrons. The van der Waals surface area contributed by atoms with Crippen LogP contribution >= 0.6 is 11.3 Å². The van der Waals surface area contributed by atoms with Crippen LogP contribution < -0.4 is 10.5 Å². The van der Waals surface area contributed by atoms with Gasteiger partial charge in [-0.05, 0) is 83.9 Å². The van der Waals surface area contributed by atoms with Crippen molar-refractivity contribution in [3.8, 4) is 23.5 Å². The summed E-state index contributed by atoms with van der Waals surface area (Å²) in [6, 6.07) is 3.15. The zero-order chi connectivity index (χ0) is 31.9. The van der Waals surface area contributed by atoms with Crippen molar-refractivity contribution in [1.29, 1.82) is 5.26 Å². The number of likely N-dealkylation sites (tertiary alicyclic amines) is 1. The van der Waals surface area contributed by atoms with Crippen LogP contribution in [0.1, 0.15) is 90.4 Å². The van der Waals surface area contributed by atoms with Gasteiger partial charge in [0.1, 0.15) is 17.2 Å². The Balaban J connectivity index is 1.18. The maximum Gasteiger partial charge on any atom is 0.222 e. The highest BCUT2D eigenvalue weighted by molar-refractivity contribution is 7.16. The van der Waals surface area contributed by atoms with E-state index in [0.29, 0.717) is 53.3 Å². The monoisotopic (exact) mass is 657 g/mol. The van der Waals surface area contributed by atoms with E-state index in [-0.39, 0.29) is 16.9 Å². The van der Waals surface area contributed by atoms with Crippen molar-refractivity contribution in [1.82, 2.24) is 24.9 Å². The molecule has 3 fully saturated rings. The van der Waals surface area contributed by atoms with Crippen molar-refractivity contribution in [2.45, 2.75) is 100 Å². The first kappa shape index (κ1) is 30.0. The van der Waals surface area contributed by atoms with E-state index in [1.54, 1.807) is 11.3 Å². The van der Waals surface area contributed by atoms with Gasteiger partial charge in [-0.1, -0.05) is 5.16 Å². The van der Waals surface area contributed by atoms with Gasteiger partial charge in [0.2, 0.25) is 17.5 Å². The molecule has 0 aromatic carbocycles. The number of nitriles is 1. The number of nitrogens with zero attached hydrogens (tertiary/aromatic N) is 6. The first-order valence-electron chi connectivity index (χ1n) is 17.4. The number of nitrogens with two attached hydrogens (primary N) is 1. The fourth-order valence-electron chi connectivity index (χ4n) is 9.59. The van der Waals surface area contributed by atoms with Crippen LogP contribution in [0.3, 0.4) is 0 Å². The Bertz CT molecular complexity index is 1750. The van der Waals surface area contributed by atoms with Crippen molar-refractivity contribution in [2.24, 2.45) is 0 Å². The summed E-state index contributed by atoms with van der Waals surface area (Å²) in [6.45, 7) is 7.70. The smallest absolute Gasteiger partial charge is 0.222 e. The molecular formula is C35H43N7O4S. The van der Waals surface area contributed by atoms with E-state index < -0.39 is 0 Å². The molecule has 0 amide bonds. The van der Waals surface area contributed by atoms with Gasteiger partial charge in [0.05, 0.1) is 53.8 Å². The molecule has 9 rings (SSSR count). The molecule has 4 atom stereocenters. The number of hydrogen-bond donors (Lipinski definition) is 1. The normalized spacial score (nSPS) is 29.8. The lowest BCUT2D eigenvalue weighted by Crippen LogP contribution is -2.56. The Kier molecular flexibility index (Phi) is 7.18. The van der Waals surface area contributed by atoms with Gasteiger partial charge in [-0.2, -0.15) is 10.2 Å². The Labute approximate surface area is 279 Å². The van der Waals surface area contributed by atoms with Gasteiger partial charge >= 0.3 is 0 Å². The molecule has 3 saturated heterocycles. The molecule has 3 aromatic rings. The van der Waals surface area contributed by atoms with Crippen LogP contribution in [0.2, 0.25) is 0 Å². The molecule has 0 unspecified atom stereocenters. The third-order valence-electron chi connectivity index (χ3n) is 12.1. The van der Waals surface area contributed by atoms with E-state index in [1.165, 1.54) is 11.3 Å². The zero-order valence-corrected chi connectivity index (χ0v) is 28.2. The maximum atomic E-state index is 10.2. The van der Waals surface area contributed by atoms with Crippen LogP contribution in [0.4, 0.5) is 5.00 Å². The first-order valence-corrected chi connectivity index (χ1v) is 18.2. The molecule has 2 N–H and O–H groups in total. The molecule has 4 aliphatic heterocycles. The number of thiophene rings is 1. The minimum Gasteiger partial charge on any atom is -0.473 e. The van der Waals surface area contributed by atoms with E-state index in [4.69, 9.17) is 39.6 Å². The van der Waals surface area contributed by atoms with Crippen molar-refractivity contribution in [3.05, 3.63) is 38.5 Å². The van der Waals surface area contributed by atoms with Crippen LogP contribution in [-0.2, 0) is 39.7 Å². The topological polar surface area (TPSA) is 136 Å². The van der Waals surface area contributed by atoms with Gasteiger partial charge in [-0.15, -0.1) is 11.3 Å². The van der Waals surface area contributed by atoms with Crippen LogP contribution in [-0.4, -0.2) is 89.7 Å². The van der Waals surface area contributed by atoms with Crippen molar-refractivity contribution in [3.63, 3.8) is 0 Å². The molecule has 0 saturated carbocycles. The highest BCUT2D eigenvalue weighted by Crippen LogP contribution is 2.55. The summed E-state index contributed by atoms with van der Waals surface area (Å²) in [6.07, 6.45) is 8.79. The minimum absolute atomic E-state index is 0.0337. The van der Waals surface area contributed by atoms with Gasteiger partial charge < -0.3 is 24.5 Å². The average Bonchev–Trinajstić information content (AvgIpc) is 3.84. The van der Waals surface area contributed by atoms with E-state index >= 15 is 0 Å². The number of fused-ring (bicyclic) bond motifs is 6. The lowest BCUT2D eigenvalue weighted by atomic mass is 9.62. The zero-order valence-electron chi connectivity index (χ0n) is 27.3. The minimum atomic E-state index is -0.372. The Morgan fingerprint density at radius 2 is 1.94 bits per heavy atom. The Morgan fingerprint density at radius 3 is 2.66 bits per heavy atom. The summed E-state index contributed by atoms with van der Waals surface area (Å²) >= 11 is 1.57. The van der Waals surface area contributed by atoms with E-state index in [2.05, 4.69) is 29.8 Å². The van der Waals surface area contributed by atoms with E-state index in [1.807, 2.05) is 0 Å². The van der Waals surface area contributed by atoms with E-state index in [0.717, 1.165) is 112 Å². The van der Waals surface area contributed by atoms with Crippen LogP contribution in [0.5, 0.6) is 5.88 Å². The Morgan fingerprint density at radius 1 is 1.09 bits per heavy atom. The predicted octanol–water partition coefficient (Wildman–Crippen LogP) is 4.34. The molecular weight excluding hydrogens is 614 g/mol. The third-order valence-corrected chi connectivity index (χ3v) is 13.2. The standard InChI is InChI=1S/C35H43N7O4S/c1-20(25-7-5-12-41(25)2)45-33-24-15-42(21-16-44-17-21)18-34(11-13-43-19-34)29(24)38-32(39-33)28-22-6-3-9-35(30(22)40-46-28)10-4-8-26-27(35)23(14-36)31(37)47-26/h20-21,25H,3-13,15-19,37H2,1-2H3/t20-,25-,34-,35-/m0/s1. The lowest BCUT2D eigenvalue weighted by molar-refractivity contribution is -0.0792. The average molecular weight is 658 g/mol.